The Hall–Kier alpha value is -0.340. The van der Waals surface area contributed by atoms with Crippen LogP contribution in [0.15, 0.2) is 11.4 Å². The maximum absolute atomic E-state index is 6.67. The lowest BCUT2D eigenvalue weighted by Crippen LogP contribution is -2.37. The van der Waals surface area contributed by atoms with Gasteiger partial charge >= 0.3 is 0 Å². The van der Waals surface area contributed by atoms with Gasteiger partial charge in [-0.2, -0.15) is 0 Å². The molecule has 1 saturated carbocycles. The van der Waals surface area contributed by atoms with Gasteiger partial charge in [0.25, 0.3) is 0 Å². The summed E-state index contributed by atoms with van der Waals surface area (Å²) in [7, 11) is 0. The fourth-order valence-electron chi connectivity index (χ4n) is 3.95. The third-order valence-corrected chi connectivity index (χ3v) is 6.00. The van der Waals surface area contributed by atoms with E-state index >= 15 is 0 Å². The minimum Gasteiger partial charge on any atom is -0.327 e. The first kappa shape index (κ1) is 12.7. The van der Waals surface area contributed by atoms with Crippen LogP contribution in [-0.2, 0) is 6.42 Å². The molecule has 0 amide bonds. The average molecular weight is 263 g/mol. The van der Waals surface area contributed by atoms with Crippen LogP contribution in [0.4, 0.5) is 0 Å². The van der Waals surface area contributed by atoms with E-state index in [1.54, 1.807) is 10.4 Å². The van der Waals surface area contributed by atoms with E-state index in [1.807, 2.05) is 11.3 Å². The molecule has 2 atom stereocenters. The van der Waals surface area contributed by atoms with Crippen LogP contribution >= 0.6 is 11.3 Å². The molecule has 1 heterocycles. The minimum absolute atomic E-state index is 0.414. The minimum atomic E-state index is 0.414. The maximum Gasteiger partial charge on any atom is 0.0137 e. The molecule has 1 fully saturated rings. The van der Waals surface area contributed by atoms with Gasteiger partial charge in [-0.15, -0.1) is 11.3 Å². The average Bonchev–Trinajstić information content (AvgIpc) is 2.71. The predicted molar refractivity (Wildman–Crippen MR) is 79.2 cm³/mol. The normalized spacial score (nSPS) is 27.5. The molecule has 0 aromatic carbocycles. The molecule has 2 N–H and O–H groups in total. The lowest BCUT2D eigenvalue weighted by Gasteiger charge is -2.33. The van der Waals surface area contributed by atoms with Crippen LogP contribution < -0.4 is 5.73 Å². The number of hydrogen-bond acceptors (Lipinski definition) is 2. The Balaban J connectivity index is 1.74. The Labute approximate surface area is 115 Å². The summed E-state index contributed by atoms with van der Waals surface area (Å²) in [5.41, 5.74) is 8.27. The molecule has 2 aliphatic carbocycles. The second-order valence-corrected chi connectivity index (χ2v) is 7.13. The van der Waals surface area contributed by atoms with E-state index in [9.17, 15) is 0 Å². The van der Waals surface area contributed by atoms with Crippen molar-refractivity contribution in [1.82, 2.24) is 0 Å². The molecule has 0 aliphatic heterocycles. The Kier molecular flexibility index (Phi) is 4.05. The zero-order valence-electron chi connectivity index (χ0n) is 11.2. The van der Waals surface area contributed by atoms with Crippen LogP contribution in [0, 0.1) is 5.92 Å². The highest BCUT2D eigenvalue weighted by molar-refractivity contribution is 7.10. The fourth-order valence-corrected chi connectivity index (χ4v) is 4.94. The highest BCUT2D eigenvalue weighted by atomic mass is 32.1. The van der Waals surface area contributed by atoms with Crippen LogP contribution in [0.3, 0.4) is 0 Å². The Morgan fingerprint density at radius 2 is 1.83 bits per heavy atom. The van der Waals surface area contributed by atoms with Gasteiger partial charge in [-0.3, -0.25) is 0 Å². The van der Waals surface area contributed by atoms with Crippen molar-refractivity contribution < 1.29 is 0 Å². The molecule has 0 bridgehead atoms. The number of nitrogens with two attached hydrogens (primary N) is 1. The molecule has 2 heteroatoms. The van der Waals surface area contributed by atoms with Gasteiger partial charge in [-0.25, -0.2) is 0 Å². The van der Waals surface area contributed by atoms with Crippen LogP contribution in [0.25, 0.3) is 0 Å². The van der Waals surface area contributed by atoms with Crippen LogP contribution in [-0.4, -0.2) is 6.04 Å². The van der Waals surface area contributed by atoms with Gasteiger partial charge in [0.05, 0.1) is 0 Å². The maximum atomic E-state index is 6.67. The molecule has 1 nitrogen and oxygen atoms in total. The molecule has 0 saturated heterocycles. The zero-order valence-corrected chi connectivity index (χ0v) is 12.1. The predicted octanol–water partition coefficient (Wildman–Crippen LogP) is 4.47. The van der Waals surface area contributed by atoms with Crippen molar-refractivity contribution in [2.45, 2.75) is 69.7 Å². The van der Waals surface area contributed by atoms with Gasteiger partial charge in [0, 0.05) is 16.8 Å². The summed E-state index contributed by atoms with van der Waals surface area (Å²) < 4.78 is 0. The highest BCUT2D eigenvalue weighted by Crippen LogP contribution is 2.40. The van der Waals surface area contributed by atoms with Crippen molar-refractivity contribution in [3.63, 3.8) is 0 Å². The lowest BCUT2D eigenvalue weighted by atomic mass is 9.76. The summed E-state index contributed by atoms with van der Waals surface area (Å²) in [4.78, 5) is 1.62. The van der Waals surface area contributed by atoms with Gasteiger partial charge < -0.3 is 5.73 Å². The number of fused-ring (bicyclic) bond motifs is 1. The molecule has 3 rings (SSSR count). The first-order chi connectivity index (χ1) is 8.86. The van der Waals surface area contributed by atoms with Gasteiger partial charge in [-0.1, -0.05) is 25.7 Å². The molecule has 100 valence electrons. The standard InChI is InChI=1S/C16H25NS/c17-16(12-6-3-1-2-4-7-12)14-8-5-9-15-13(14)10-11-18-15/h10-12,14,16H,1-9,17H2. The molecule has 2 unspecified atom stereocenters. The lowest BCUT2D eigenvalue weighted by molar-refractivity contribution is 0.313. The number of hydrogen-bond donors (Lipinski definition) is 1. The Morgan fingerprint density at radius 1 is 1.06 bits per heavy atom. The van der Waals surface area contributed by atoms with Crippen molar-refractivity contribution in [3.8, 4) is 0 Å². The van der Waals surface area contributed by atoms with Gasteiger partial charge in [0.15, 0.2) is 0 Å². The van der Waals surface area contributed by atoms with E-state index in [0.29, 0.717) is 12.0 Å². The summed E-state index contributed by atoms with van der Waals surface area (Å²) >= 11 is 1.94. The third kappa shape index (κ3) is 2.50. The summed E-state index contributed by atoms with van der Waals surface area (Å²) in [5.74, 6) is 1.44. The van der Waals surface area contributed by atoms with Crippen molar-refractivity contribution >= 4 is 11.3 Å². The molecular weight excluding hydrogens is 238 g/mol. The van der Waals surface area contributed by atoms with Crippen LogP contribution in [0.5, 0.6) is 0 Å². The van der Waals surface area contributed by atoms with Crippen LogP contribution in [0.1, 0.15) is 67.7 Å². The number of aryl methyl sites for hydroxylation is 1. The van der Waals surface area contributed by atoms with E-state index in [4.69, 9.17) is 5.73 Å². The first-order valence-electron chi connectivity index (χ1n) is 7.68. The van der Waals surface area contributed by atoms with Crippen molar-refractivity contribution in [3.05, 3.63) is 21.9 Å². The second-order valence-electron chi connectivity index (χ2n) is 6.13. The summed E-state index contributed by atoms with van der Waals surface area (Å²) in [6, 6.07) is 2.76. The smallest absolute Gasteiger partial charge is 0.0137 e. The summed E-state index contributed by atoms with van der Waals surface area (Å²) in [6.07, 6.45) is 12.4. The summed E-state index contributed by atoms with van der Waals surface area (Å²) in [6.45, 7) is 0. The van der Waals surface area contributed by atoms with E-state index in [2.05, 4.69) is 11.4 Å². The quantitative estimate of drug-likeness (QED) is 0.783. The molecule has 18 heavy (non-hydrogen) atoms. The van der Waals surface area contributed by atoms with Gasteiger partial charge in [0.1, 0.15) is 0 Å². The monoisotopic (exact) mass is 263 g/mol. The highest BCUT2D eigenvalue weighted by Gasteiger charge is 2.31. The molecular formula is C16H25NS. The Morgan fingerprint density at radius 3 is 2.61 bits per heavy atom. The van der Waals surface area contributed by atoms with E-state index < -0.39 is 0 Å². The van der Waals surface area contributed by atoms with E-state index in [1.165, 1.54) is 57.8 Å². The largest absolute Gasteiger partial charge is 0.327 e. The van der Waals surface area contributed by atoms with Gasteiger partial charge in [-0.05, 0) is 55.0 Å². The van der Waals surface area contributed by atoms with Crippen molar-refractivity contribution in [2.24, 2.45) is 11.7 Å². The molecule has 1 aromatic rings. The van der Waals surface area contributed by atoms with E-state index in [0.717, 1.165) is 5.92 Å². The zero-order chi connectivity index (χ0) is 12.4. The third-order valence-electron chi connectivity index (χ3n) is 5.01. The fraction of sp³-hybridized carbons (Fsp3) is 0.750. The summed E-state index contributed by atoms with van der Waals surface area (Å²) in [5, 5.41) is 2.27. The SMILES string of the molecule is NC(C1CCCCCC1)C1CCCc2sccc21. The van der Waals surface area contributed by atoms with Gasteiger partial charge in [0.2, 0.25) is 0 Å². The molecule has 0 spiro atoms. The van der Waals surface area contributed by atoms with E-state index in [-0.39, 0.29) is 0 Å². The number of rotatable bonds is 2. The Bertz CT molecular complexity index is 376. The molecule has 2 aliphatic rings. The van der Waals surface area contributed by atoms with Crippen LogP contribution in [0.2, 0.25) is 0 Å². The van der Waals surface area contributed by atoms with Crippen molar-refractivity contribution in [1.29, 1.82) is 0 Å². The molecule has 0 radical (unpaired) electrons. The second kappa shape index (κ2) is 5.75. The van der Waals surface area contributed by atoms with Crippen molar-refractivity contribution in [2.75, 3.05) is 0 Å². The number of thiophene rings is 1. The molecule has 1 aromatic heterocycles. The first-order valence-corrected chi connectivity index (χ1v) is 8.56. The topological polar surface area (TPSA) is 26.0 Å².